The lowest BCUT2D eigenvalue weighted by molar-refractivity contribution is 0.0534. The van der Waals surface area contributed by atoms with Crippen LogP contribution in [0.4, 0.5) is 8.78 Å². The van der Waals surface area contributed by atoms with Crippen LogP contribution in [-0.2, 0) is 0 Å². The van der Waals surface area contributed by atoms with E-state index in [4.69, 9.17) is 14.9 Å². The van der Waals surface area contributed by atoms with Crippen molar-refractivity contribution in [3.63, 3.8) is 0 Å². The van der Waals surface area contributed by atoms with E-state index < -0.39 is 19.1 Å². The van der Waals surface area contributed by atoms with Gasteiger partial charge in [0.15, 0.2) is 0 Å². The van der Waals surface area contributed by atoms with Gasteiger partial charge < -0.3 is 14.9 Å². The molecule has 1 rings (SSSR count). The Bertz CT molecular complexity index is 380. The molecule has 0 saturated heterocycles. The summed E-state index contributed by atoms with van der Waals surface area (Å²) in [6.45, 7) is 3.14. The third-order valence-electron chi connectivity index (χ3n) is 2.57. The highest BCUT2D eigenvalue weighted by molar-refractivity contribution is 5.38. The Morgan fingerprint density at radius 1 is 1.22 bits per heavy atom. The highest BCUT2D eigenvalue weighted by Gasteiger charge is 2.16. The number of aliphatic hydroxyl groups is 2. The third kappa shape index (κ3) is 3.92. The van der Waals surface area contributed by atoms with Gasteiger partial charge in [-0.15, -0.1) is 0 Å². The van der Waals surface area contributed by atoms with E-state index in [1.165, 1.54) is 6.07 Å². The van der Waals surface area contributed by atoms with Crippen molar-refractivity contribution >= 4 is 0 Å². The predicted molar refractivity (Wildman–Crippen MR) is 64.1 cm³/mol. The summed E-state index contributed by atoms with van der Waals surface area (Å²) in [5.74, 6) is 0.272. The van der Waals surface area contributed by atoms with E-state index in [9.17, 15) is 8.78 Å². The van der Waals surface area contributed by atoms with Gasteiger partial charge in [-0.2, -0.15) is 0 Å². The maximum Gasteiger partial charge on any atom is 0.264 e. The van der Waals surface area contributed by atoms with Crippen molar-refractivity contribution in [2.45, 2.75) is 32.3 Å². The summed E-state index contributed by atoms with van der Waals surface area (Å²) in [5.41, 5.74) is 0.529. The van der Waals surface area contributed by atoms with Crippen molar-refractivity contribution in [3.05, 3.63) is 29.3 Å². The van der Waals surface area contributed by atoms with Gasteiger partial charge in [-0.25, -0.2) is 8.78 Å². The molecule has 0 radical (unpaired) electrons. The second kappa shape index (κ2) is 6.66. The normalized spacial score (nSPS) is 13.1. The topological polar surface area (TPSA) is 49.7 Å². The molecule has 0 amide bonds. The first kappa shape index (κ1) is 14.9. The number of halogens is 2. The van der Waals surface area contributed by atoms with Crippen LogP contribution in [-0.4, -0.2) is 29.5 Å². The standard InChI is InChI=1S/C13H18F2O3/c1-8(2)11-4-3-10(5-12(11)13(14)15)18-7-9(17)6-16/h3-5,8-9,13,16-17H,6-7H2,1-2H3. The number of hydrogen-bond acceptors (Lipinski definition) is 3. The third-order valence-corrected chi connectivity index (χ3v) is 2.57. The van der Waals surface area contributed by atoms with Crippen LogP contribution in [0.25, 0.3) is 0 Å². The quantitative estimate of drug-likeness (QED) is 0.826. The van der Waals surface area contributed by atoms with Crippen LogP contribution < -0.4 is 4.74 Å². The number of hydrogen-bond donors (Lipinski definition) is 2. The maximum absolute atomic E-state index is 12.9. The molecule has 0 aliphatic rings. The number of ether oxygens (including phenoxy) is 1. The van der Waals surface area contributed by atoms with Crippen LogP contribution in [0.2, 0.25) is 0 Å². The maximum atomic E-state index is 12.9. The minimum atomic E-state index is -2.56. The molecular weight excluding hydrogens is 242 g/mol. The second-order valence-corrected chi connectivity index (χ2v) is 4.39. The molecule has 0 heterocycles. The minimum Gasteiger partial charge on any atom is -0.491 e. The van der Waals surface area contributed by atoms with Gasteiger partial charge in [-0.05, 0) is 23.6 Å². The van der Waals surface area contributed by atoms with Gasteiger partial charge in [0, 0.05) is 5.56 Å². The molecule has 0 aliphatic heterocycles. The highest BCUT2D eigenvalue weighted by Crippen LogP contribution is 2.31. The number of aliphatic hydroxyl groups excluding tert-OH is 2. The van der Waals surface area contributed by atoms with Crippen molar-refractivity contribution in [1.29, 1.82) is 0 Å². The van der Waals surface area contributed by atoms with Crippen molar-refractivity contribution in [2.75, 3.05) is 13.2 Å². The molecule has 0 aromatic heterocycles. The average molecular weight is 260 g/mol. The van der Waals surface area contributed by atoms with Crippen LogP contribution in [0.1, 0.15) is 37.3 Å². The second-order valence-electron chi connectivity index (χ2n) is 4.39. The van der Waals surface area contributed by atoms with E-state index >= 15 is 0 Å². The Labute approximate surface area is 105 Å². The van der Waals surface area contributed by atoms with E-state index in [0.717, 1.165) is 0 Å². The Hall–Kier alpha value is -1.20. The SMILES string of the molecule is CC(C)c1ccc(OCC(O)CO)cc1C(F)F. The molecular formula is C13H18F2O3. The highest BCUT2D eigenvalue weighted by atomic mass is 19.3. The fraction of sp³-hybridized carbons (Fsp3) is 0.538. The van der Waals surface area contributed by atoms with Crippen molar-refractivity contribution < 1.29 is 23.7 Å². The lowest BCUT2D eigenvalue weighted by Gasteiger charge is -2.15. The first-order valence-electron chi connectivity index (χ1n) is 5.79. The van der Waals surface area contributed by atoms with Gasteiger partial charge >= 0.3 is 0 Å². The van der Waals surface area contributed by atoms with Crippen molar-refractivity contribution in [3.8, 4) is 5.75 Å². The monoisotopic (exact) mass is 260 g/mol. The molecule has 0 saturated carbocycles. The molecule has 102 valence electrons. The lowest BCUT2D eigenvalue weighted by Crippen LogP contribution is -2.21. The molecule has 1 aromatic carbocycles. The van der Waals surface area contributed by atoms with Crippen molar-refractivity contribution in [1.82, 2.24) is 0 Å². The van der Waals surface area contributed by atoms with E-state index in [1.807, 2.05) is 13.8 Å². The molecule has 3 nitrogen and oxygen atoms in total. The van der Waals surface area contributed by atoms with Gasteiger partial charge in [0.25, 0.3) is 6.43 Å². The first-order valence-corrected chi connectivity index (χ1v) is 5.79. The Morgan fingerprint density at radius 3 is 2.39 bits per heavy atom. The largest absolute Gasteiger partial charge is 0.491 e. The fourth-order valence-corrected chi connectivity index (χ4v) is 1.60. The minimum absolute atomic E-state index is 0.00563. The Kier molecular flexibility index (Phi) is 5.50. The fourth-order valence-electron chi connectivity index (χ4n) is 1.60. The Balaban J connectivity index is 2.86. The smallest absolute Gasteiger partial charge is 0.264 e. The first-order chi connectivity index (χ1) is 8.45. The van der Waals surface area contributed by atoms with Crippen LogP contribution in [0.15, 0.2) is 18.2 Å². The summed E-state index contributed by atoms with van der Waals surface area (Å²) < 4.78 is 30.9. The summed E-state index contributed by atoms with van der Waals surface area (Å²) in [7, 11) is 0. The molecule has 0 fully saturated rings. The van der Waals surface area contributed by atoms with Crippen LogP contribution in [0, 0.1) is 0 Å². The van der Waals surface area contributed by atoms with Crippen LogP contribution >= 0.6 is 0 Å². The molecule has 2 N–H and O–H groups in total. The van der Waals surface area contributed by atoms with Crippen molar-refractivity contribution in [2.24, 2.45) is 0 Å². The van der Waals surface area contributed by atoms with Crippen LogP contribution in [0.3, 0.4) is 0 Å². The zero-order valence-electron chi connectivity index (χ0n) is 10.4. The molecule has 0 spiro atoms. The molecule has 0 aliphatic carbocycles. The van der Waals surface area contributed by atoms with E-state index in [2.05, 4.69) is 0 Å². The summed E-state index contributed by atoms with van der Waals surface area (Å²) >= 11 is 0. The van der Waals surface area contributed by atoms with Crippen LogP contribution in [0.5, 0.6) is 5.75 Å². The van der Waals surface area contributed by atoms with E-state index in [1.54, 1.807) is 12.1 Å². The number of benzene rings is 1. The van der Waals surface area contributed by atoms with E-state index in [0.29, 0.717) is 5.56 Å². The average Bonchev–Trinajstić information content (AvgIpc) is 2.35. The molecule has 5 heteroatoms. The van der Waals surface area contributed by atoms with E-state index in [-0.39, 0.29) is 23.8 Å². The van der Waals surface area contributed by atoms with Gasteiger partial charge in [0.05, 0.1) is 6.61 Å². The van der Waals surface area contributed by atoms with Gasteiger partial charge in [0.1, 0.15) is 18.5 Å². The summed E-state index contributed by atoms with van der Waals surface area (Å²) in [5, 5.41) is 17.7. The zero-order chi connectivity index (χ0) is 13.7. The lowest BCUT2D eigenvalue weighted by atomic mass is 9.97. The van der Waals surface area contributed by atoms with Gasteiger partial charge in [0.2, 0.25) is 0 Å². The molecule has 1 atom stereocenters. The number of rotatable bonds is 6. The molecule has 18 heavy (non-hydrogen) atoms. The molecule has 1 unspecified atom stereocenters. The number of alkyl halides is 2. The van der Waals surface area contributed by atoms with Gasteiger partial charge in [-0.3, -0.25) is 0 Å². The van der Waals surface area contributed by atoms with Gasteiger partial charge in [-0.1, -0.05) is 19.9 Å². The Morgan fingerprint density at radius 2 is 1.89 bits per heavy atom. The predicted octanol–water partition coefficient (Wildman–Crippen LogP) is 2.48. The molecule has 1 aromatic rings. The molecule has 0 bridgehead atoms. The summed E-state index contributed by atoms with van der Waals surface area (Å²) in [6, 6.07) is 4.47. The summed E-state index contributed by atoms with van der Waals surface area (Å²) in [6.07, 6.45) is -3.57. The zero-order valence-corrected chi connectivity index (χ0v) is 10.4. The summed E-state index contributed by atoms with van der Waals surface area (Å²) in [4.78, 5) is 0.